The molecular weight excluding hydrogens is 473 g/mol. The zero-order chi connectivity index (χ0) is 27.2. The Bertz CT molecular complexity index is 1410. The summed E-state index contributed by atoms with van der Waals surface area (Å²) in [4.78, 5) is 27.4. The van der Waals surface area contributed by atoms with E-state index in [0.717, 1.165) is 22.3 Å². The van der Waals surface area contributed by atoms with Crippen LogP contribution >= 0.6 is 0 Å². The quantitative estimate of drug-likeness (QED) is 0.430. The van der Waals surface area contributed by atoms with E-state index < -0.39 is 23.5 Å². The fourth-order valence-corrected chi connectivity index (χ4v) is 5.08. The molecule has 3 aromatic rings. The highest BCUT2D eigenvalue weighted by Crippen LogP contribution is 2.46. The number of carbonyl (C=O) groups is 2. The molecule has 3 aromatic carbocycles. The van der Waals surface area contributed by atoms with Gasteiger partial charge in [0.1, 0.15) is 11.6 Å². The van der Waals surface area contributed by atoms with Crippen molar-refractivity contribution in [1.29, 1.82) is 0 Å². The predicted octanol–water partition coefficient (Wildman–Crippen LogP) is 6.22. The lowest BCUT2D eigenvalue weighted by atomic mass is 9.82. The Morgan fingerprint density at radius 1 is 1.00 bits per heavy atom. The molecular formula is C30H32FNO5. The number of ether oxygens (including phenoxy) is 1. The van der Waals surface area contributed by atoms with Gasteiger partial charge in [0.2, 0.25) is 0 Å². The minimum absolute atomic E-state index is 0.0364. The minimum atomic E-state index is -1.30. The topological polar surface area (TPSA) is 87.1 Å². The molecule has 1 aliphatic heterocycles. The highest BCUT2D eigenvalue weighted by Gasteiger charge is 2.37. The lowest BCUT2D eigenvalue weighted by Gasteiger charge is -2.30. The first kappa shape index (κ1) is 26.4. The van der Waals surface area contributed by atoms with Crippen molar-refractivity contribution in [3.8, 4) is 16.9 Å². The summed E-state index contributed by atoms with van der Waals surface area (Å²) in [6.45, 7) is 11.5. The van der Waals surface area contributed by atoms with E-state index in [-0.39, 0.29) is 30.3 Å². The number of carboxylic acid groups (broad SMARTS) is 1. The van der Waals surface area contributed by atoms with Crippen molar-refractivity contribution in [1.82, 2.24) is 4.90 Å². The number of hydrogen-bond acceptors (Lipinski definition) is 4. The molecule has 1 aliphatic rings. The molecule has 0 spiro atoms. The third kappa shape index (κ3) is 5.09. The van der Waals surface area contributed by atoms with E-state index in [4.69, 9.17) is 4.74 Å². The Morgan fingerprint density at radius 2 is 1.65 bits per heavy atom. The van der Waals surface area contributed by atoms with Crippen LogP contribution < -0.4 is 0 Å². The highest BCUT2D eigenvalue weighted by molar-refractivity contribution is 5.95. The van der Waals surface area contributed by atoms with Gasteiger partial charge in [-0.05, 0) is 99.2 Å². The van der Waals surface area contributed by atoms with Gasteiger partial charge in [-0.3, -0.25) is 4.79 Å². The van der Waals surface area contributed by atoms with Gasteiger partial charge in [-0.25, -0.2) is 9.18 Å². The van der Waals surface area contributed by atoms with E-state index in [0.29, 0.717) is 22.3 Å². The minimum Gasteiger partial charge on any atom is -0.507 e. The maximum absolute atomic E-state index is 13.8. The van der Waals surface area contributed by atoms with Crippen LogP contribution in [-0.2, 0) is 22.6 Å². The first-order valence-electron chi connectivity index (χ1n) is 12.2. The van der Waals surface area contributed by atoms with E-state index in [1.165, 1.54) is 18.2 Å². The van der Waals surface area contributed by atoms with E-state index in [1.54, 1.807) is 43.9 Å². The number of carboxylic acids is 1. The van der Waals surface area contributed by atoms with Crippen LogP contribution in [0.4, 0.5) is 4.39 Å². The molecule has 0 radical (unpaired) electrons. The highest BCUT2D eigenvalue weighted by atomic mass is 19.1. The van der Waals surface area contributed by atoms with E-state index >= 15 is 0 Å². The lowest BCUT2D eigenvalue weighted by Crippen LogP contribution is -2.28. The molecule has 0 saturated heterocycles. The van der Waals surface area contributed by atoms with Gasteiger partial charge in [-0.15, -0.1) is 0 Å². The van der Waals surface area contributed by atoms with Gasteiger partial charge in [0, 0.05) is 29.8 Å². The summed E-state index contributed by atoms with van der Waals surface area (Å²) < 4.78 is 19.9. The van der Waals surface area contributed by atoms with E-state index in [1.807, 2.05) is 26.8 Å². The number of carbonyl (C=O) groups excluding carboxylic acids is 1. The summed E-state index contributed by atoms with van der Waals surface area (Å²) in [6.07, 6.45) is -1.30. The molecule has 1 amide bonds. The summed E-state index contributed by atoms with van der Waals surface area (Å²) in [7, 11) is 0. The van der Waals surface area contributed by atoms with Gasteiger partial charge in [0.05, 0.1) is 5.60 Å². The molecule has 194 valence electrons. The van der Waals surface area contributed by atoms with Crippen LogP contribution in [0.15, 0.2) is 42.5 Å². The molecule has 7 heteroatoms. The van der Waals surface area contributed by atoms with E-state index in [9.17, 15) is 24.2 Å². The number of fused-ring (bicyclic) bond motifs is 1. The van der Waals surface area contributed by atoms with Crippen molar-refractivity contribution >= 4 is 11.9 Å². The molecule has 1 heterocycles. The third-order valence-corrected chi connectivity index (χ3v) is 6.76. The molecule has 0 aromatic heterocycles. The Kier molecular flexibility index (Phi) is 6.86. The first-order valence-corrected chi connectivity index (χ1v) is 12.2. The number of aromatic hydroxyl groups is 1. The van der Waals surface area contributed by atoms with Crippen molar-refractivity contribution < 1.29 is 28.9 Å². The van der Waals surface area contributed by atoms with Crippen molar-refractivity contribution in [2.75, 3.05) is 0 Å². The Balaban J connectivity index is 1.93. The first-order chi connectivity index (χ1) is 17.3. The molecule has 0 unspecified atom stereocenters. The molecule has 2 N–H and O–H groups in total. The molecule has 0 fully saturated rings. The number of benzene rings is 3. The lowest BCUT2D eigenvalue weighted by molar-refractivity contribution is -0.160. The van der Waals surface area contributed by atoms with E-state index in [2.05, 4.69) is 0 Å². The number of phenolic OH excluding ortho intramolecular Hbond substituents is 1. The van der Waals surface area contributed by atoms with Gasteiger partial charge in [-0.1, -0.05) is 18.2 Å². The van der Waals surface area contributed by atoms with Crippen LogP contribution in [0.25, 0.3) is 11.1 Å². The summed E-state index contributed by atoms with van der Waals surface area (Å²) in [5, 5.41) is 21.2. The molecule has 37 heavy (non-hydrogen) atoms. The Hall–Kier alpha value is -3.71. The van der Waals surface area contributed by atoms with Crippen LogP contribution in [0.1, 0.15) is 70.6 Å². The van der Waals surface area contributed by atoms with Crippen LogP contribution in [-0.4, -0.2) is 32.6 Å². The van der Waals surface area contributed by atoms with Gasteiger partial charge < -0.3 is 19.8 Å². The Labute approximate surface area is 216 Å². The average molecular weight is 506 g/mol. The fourth-order valence-electron chi connectivity index (χ4n) is 5.08. The number of phenols is 1. The number of aliphatic carboxylic acids is 1. The normalized spacial score (nSPS) is 14.0. The maximum Gasteiger partial charge on any atom is 0.337 e. The molecule has 0 saturated carbocycles. The fraction of sp³-hybridized carbons (Fsp3) is 0.333. The van der Waals surface area contributed by atoms with Gasteiger partial charge >= 0.3 is 5.97 Å². The van der Waals surface area contributed by atoms with Crippen LogP contribution in [0.5, 0.6) is 5.75 Å². The SMILES string of the molecule is Cc1ccc(-c2c(C)c3c(c(C)c2[C@H](OC(C)(C)C)C(=O)O)CN(C(=O)c2cccc(F)c2)C3)c(O)c1. The average Bonchev–Trinajstić information content (AvgIpc) is 3.25. The van der Waals surface area contributed by atoms with Crippen molar-refractivity contribution in [3.63, 3.8) is 0 Å². The zero-order valence-electron chi connectivity index (χ0n) is 22.0. The molecule has 4 rings (SSSR count). The van der Waals surface area contributed by atoms with Crippen LogP contribution in [0, 0.1) is 26.6 Å². The number of rotatable bonds is 5. The summed E-state index contributed by atoms with van der Waals surface area (Å²) >= 11 is 0. The Morgan fingerprint density at radius 3 is 2.22 bits per heavy atom. The number of hydrogen-bond donors (Lipinski definition) is 2. The van der Waals surface area contributed by atoms with Gasteiger partial charge in [0.25, 0.3) is 5.91 Å². The second kappa shape index (κ2) is 9.63. The van der Waals surface area contributed by atoms with Crippen LogP contribution in [0.2, 0.25) is 0 Å². The maximum atomic E-state index is 13.8. The van der Waals surface area contributed by atoms with Crippen LogP contribution in [0.3, 0.4) is 0 Å². The van der Waals surface area contributed by atoms with Gasteiger partial charge in [-0.2, -0.15) is 0 Å². The standard InChI is InChI=1S/C30H32FNO5/c1-16-10-11-21(24(33)12-16)25-17(2)22-14-32(28(34)19-8-7-9-20(31)13-19)15-23(22)18(3)26(25)27(29(35)36)37-30(4,5)6/h7-13,27,33H,14-15H2,1-6H3,(H,35,36)/t27-/m0/s1. The van der Waals surface area contributed by atoms with Gasteiger partial charge in [0.15, 0.2) is 6.10 Å². The molecule has 1 atom stereocenters. The number of amides is 1. The summed E-state index contributed by atoms with van der Waals surface area (Å²) in [5.74, 6) is -1.90. The number of nitrogens with zero attached hydrogens (tertiary/aromatic N) is 1. The van der Waals surface area contributed by atoms with Crippen molar-refractivity contribution in [2.45, 2.75) is 66.3 Å². The number of halogens is 1. The second-order valence-corrected chi connectivity index (χ2v) is 10.6. The predicted molar refractivity (Wildman–Crippen MR) is 139 cm³/mol. The smallest absolute Gasteiger partial charge is 0.337 e. The van der Waals surface area contributed by atoms with Crippen molar-refractivity contribution in [3.05, 3.63) is 87.2 Å². The largest absolute Gasteiger partial charge is 0.507 e. The summed E-state index contributed by atoms with van der Waals surface area (Å²) in [6, 6.07) is 10.9. The summed E-state index contributed by atoms with van der Waals surface area (Å²) in [5.41, 5.74) is 5.11. The second-order valence-electron chi connectivity index (χ2n) is 10.6. The molecule has 0 bridgehead atoms. The zero-order valence-corrected chi connectivity index (χ0v) is 22.0. The third-order valence-electron chi connectivity index (χ3n) is 6.76. The van der Waals surface area contributed by atoms with Crippen molar-refractivity contribution in [2.24, 2.45) is 0 Å². The molecule has 0 aliphatic carbocycles. The number of aryl methyl sites for hydroxylation is 1. The monoisotopic (exact) mass is 505 g/mol. The molecule has 6 nitrogen and oxygen atoms in total.